The Morgan fingerprint density at radius 1 is 1.50 bits per heavy atom. The van der Waals surface area contributed by atoms with Crippen molar-refractivity contribution >= 4 is 33.2 Å². The van der Waals surface area contributed by atoms with Gasteiger partial charge >= 0.3 is 0 Å². The second kappa shape index (κ2) is 5.82. The Bertz CT molecular complexity index is 360. The minimum Gasteiger partial charge on any atom is -0.351 e. The van der Waals surface area contributed by atoms with Crippen LogP contribution in [0.3, 0.4) is 0 Å². The smallest absolute Gasteiger partial charge is 0.261 e. The molecule has 16 heavy (non-hydrogen) atoms. The summed E-state index contributed by atoms with van der Waals surface area (Å²) in [6.07, 6.45) is 1.05. The standard InChI is InChI=1S/C12H18BrNOS/c1-9-4-5-10(16-9)11(15)14-8-12(2,3)6-7-13/h4-5H,6-8H2,1-3H3,(H,14,15). The molecule has 1 amide bonds. The van der Waals surface area contributed by atoms with Gasteiger partial charge < -0.3 is 5.32 Å². The van der Waals surface area contributed by atoms with Crippen LogP contribution in [0.4, 0.5) is 0 Å². The van der Waals surface area contributed by atoms with E-state index in [1.54, 1.807) is 0 Å². The fourth-order valence-electron chi connectivity index (χ4n) is 1.31. The second-order valence-electron chi connectivity index (χ2n) is 4.70. The van der Waals surface area contributed by atoms with Gasteiger partial charge in [0, 0.05) is 16.8 Å². The van der Waals surface area contributed by atoms with Gasteiger partial charge in [0.15, 0.2) is 0 Å². The molecular formula is C12H18BrNOS. The molecule has 1 aromatic heterocycles. The highest BCUT2D eigenvalue weighted by Crippen LogP contribution is 2.21. The van der Waals surface area contributed by atoms with E-state index in [0.29, 0.717) is 6.54 Å². The van der Waals surface area contributed by atoms with E-state index in [0.717, 1.165) is 16.6 Å². The van der Waals surface area contributed by atoms with Gasteiger partial charge in [-0.3, -0.25) is 4.79 Å². The lowest BCUT2D eigenvalue weighted by Crippen LogP contribution is -2.33. The Hall–Kier alpha value is -0.350. The molecule has 2 nitrogen and oxygen atoms in total. The number of aryl methyl sites for hydroxylation is 1. The molecule has 0 aromatic carbocycles. The average Bonchev–Trinajstić information content (AvgIpc) is 2.61. The van der Waals surface area contributed by atoms with Crippen molar-refractivity contribution in [3.63, 3.8) is 0 Å². The summed E-state index contributed by atoms with van der Waals surface area (Å²) < 4.78 is 0. The van der Waals surface area contributed by atoms with E-state index in [9.17, 15) is 4.79 Å². The van der Waals surface area contributed by atoms with Gasteiger partial charge in [0.25, 0.3) is 5.91 Å². The van der Waals surface area contributed by atoms with Crippen molar-refractivity contribution in [3.8, 4) is 0 Å². The van der Waals surface area contributed by atoms with Gasteiger partial charge in [-0.05, 0) is 30.9 Å². The van der Waals surface area contributed by atoms with Crippen LogP contribution in [0, 0.1) is 12.3 Å². The molecule has 0 spiro atoms. The maximum atomic E-state index is 11.8. The second-order valence-corrected chi connectivity index (χ2v) is 6.78. The van der Waals surface area contributed by atoms with Gasteiger partial charge in [-0.1, -0.05) is 29.8 Å². The zero-order valence-corrected chi connectivity index (χ0v) is 12.4. The molecule has 0 radical (unpaired) electrons. The molecule has 1 heterocycles. The number of rotatable bonds is 5. The predicted octanol–water partition coefficient (Wildman–Crippen LogP) is 3.60. The van der Waals surface area contributed by atoms with Crippen LogP contribution in [0.5, 0.6) is 0 Å². The molecule has 0 saturated carbocycles. The van der Waals surface area contributed by atoms with E-state index in [-0.39, 0.29) is 11.3 Å². The summed E-state index contributed by atoms with van der Waals surface area (Å²) >= 11 is 4.97. The number of hydrogen-bond acceptors (Lipinski definition) is 2. The lowest BCUT2D eigenvalue weighted by Gasteiger charge is -2.23. The molecular weight excluding hydrogens is 286 g/mol. The highest BCUT2D eigenvalue weighted by Gasteiger charge is 2.18. The lowest BCUT2D eigenvalue weighted by molar-refractivity contribution is 0.0940. The molecule has 0 aliphatic carbocycles. The van der Waals surface area contributed by atoms with Gasteiger partial charge in [0.05, 0.1) is 4.88 Å². The van der Waals surface area contributed by atoms with E-state index in [1.807, 2.05) is 19.1 Å². The monoisotopic (exact) mass is 303 g/mol. The molecule has 1 rings (SSSR count). The molecule has 0 unspecified atom stereocenters. The van der Waals surface area contributed by atoms with Crippen LogP contribution >= 0.6 is 27.3 Å². The molecule has 4 heteroatoms. The largest absolute Gasteiger partial charge is 0.351 e. The molecule has 0 fully saturated rings. The normalized spacial score (nSPS) is 11.5. The summed E-state index contributed by atoms with van der Waals surface area (Å²) in [6, 6.07) is 3.86. The maximum Gasteiger partial charge on any atom is 0.261 e. The number of nitrogens with one attached hydrogen (secondary N) is 1. The Labute approximate surface area is 110 Å². The van der Waals surface area contributed by atoms with E-state index in [4.69, 9.17) is 0 Å². The third-order valence-electron chi connectivity index (χ3n) is 2.46. The van der Waals surface area contributed by atoms with Crippen LogP contribution in [0.1, 0.15) is 34.8 Å². The molecule has 1 N–H and O–H groups in total. The first-order valence-corrected chi connectivity index (χ1v) is 7.29. The van der Waals surface area contributed by atoms with Gasteiger partial charge in [-0.15, -0.1) is 11.3 Å². The maximum absolute atomic E-state index is 11.8. The first-order chi connectivity index (χ1) is 7.44. The third-order valence-corrected chi connectivity index (χ3v) is 3.86. The molecule has 90 valence electrons. The number of hydrogen-bond donors (Lipinski definition) is 1. The minimum absolute atomic E-state index is 0.0424. The van der Waals surface area contributed by atoms with Gasteiger partial charge in [-0.2, -0.15) is 0 Å². The van der Waals surface area contributed by atoms with Crippen LogP contribution in [0.25, 0.3) is 0 Å². The summed E-state index contributed by atoms with van der Waals surface area (Å²) in [5, 5.41) is 3.95. The van der Waals surface area contributed by atoms with Crippen LogP contribution in [-0.4, -0.2) is 17.8 Å². The van der Waals surface area contributed by atoms with Crippen molar-refractivity contribution in [1.29, 1.82) is 0 Å². The molecule has 0 bridgehead atoms. The van der Waals surface area contributed by atoms with Gasteiger partial charge in [0.1, 0.15) is 0 Å². The number of thiophene rings is 1. The third kappa shape index (κ3) is 4.26. The minimum atomic E-state index is 0.0424. The summed E-state index contributed by atoms with van der Waals surface area (Å²) in [7, 11) is 0. The number of carbonyl (C=O) groups is 1. The van der Waals surface area contributed by atoms with Crippen molar-refractivity contribution in [3.05, 3.63) is 21.9 Å². The van der Waals surface area contributed by atoms with Gasteiger partial charge in [0.2, 0.25) is 0 Å². The highest BCUT2D eigenvalue weighted by atomic mass is 79.9. The number of carbonyl (C=O) groups excluding carboxylic acids is 1. The number of amides is 1. The Kier molecular flexibility index (Phi) is 4.99. The van der Waals surface area contributed by atoms with Crippen LogP contribution in [0.2, 0.25) is 0 Å². The van der Waals surface area contributed by atoms with Crippen molar-refractivity contribution in [2.24, 2.45) is 5.41 Å². The fraction of sp³-hybridized carbons (Fsp3) is 0.583. The summed E-state index contributed by atoms with van der Waals surface area (Å²) in [6.45, 7) is 7.05. The molecule has 0 atom stereocenters. The van der Waals surface area contributed by atoms with Crippen LogP contribution in [-0.2, 0) is 0 Å². The van der Waals surface area contributed by atoms with Crippen molar-refractivity contribution in [2.45, 2.75) is 27.2 Å². The average molecular weight is 304 g/mol. The SMILES string of the molecule is Cc1ccc(C(=O)NCC(C)(C)CCBr)s1. The van der Waals surface area contributed by atoms with E-state index in [1.165, 1.54) is 16.2 Å². The van der Waals surface area contributed by atoms with Crippen LogP contribution in [0.15, 0.2) is 12.1 Å². The molecule has 1 aromatic rings. The first kappa shape index (κ1) is 13.7. The molecule has 0 aliphatic heterocycles. The topological polar surface area (TPSA) is 29.1 Å². The van der Waals surface area contributed by atoms with Crippen molar-refractivity contribution in [1.82, 2.24) is 5.32 Å². The Morgan fingerprint density at radius 2 is 2.19 bits per heavy atom. The summed E-state index contributed by atoms with van der Waals surface area (Å²) in [4.78, 5) is 13.8. The van der Waals surface area contributed by atoms with E-state index >= 15 is 0 Å². The summed E-state index contributed by atoms with van der Waals surface area (Å²) in [5.41, 5.74) is 0.144. The zero-order valence-electron chi connectivity index (χ0n) is 9.97. The Balaban J connectivity index is 2.47. The zero-order chi connectivity index (χ0) is 12.2. The highest BCUT2D eigenvalue weighted by molar-refractivity contribution is 9.09. The van der Waals surface area contributed by atoms with Gasteiger partial charge in [-0.25, -0.2) is 0 Å². The quantitative estimate of drug-likeness (QED) is 0.827. The fourth-order valence-corrected chi connectivity index (χ4v) is 3.16. The van der Waals surface area contributed by atoms with Crippen molar-refractivity contribution in [2.75, 3.05) is 11.9 Å². The van der Waals surface area contributed by atoms with E-state index in [2.05, 4.69) is 35.1 Å². The summed E-state index contributed by atoms with van der Waals surface area (Å²) in [5.74, 6) is 0.0424. The molecule has 0 saturated heterocycles. The van der Waals surface area contributed by atoms with Crippen molar-refractivity contribution < 1.29 is 4.79 Å². The number of halogens is 1. The lowest BCUT2D eigenvalue weighted by atomic mass is 9.90. The molecule has 0 aliphatic rings. The first-order valence-electron chi connectivity index (χ1n) is 5.35. The predicted molar refractivity (Wildman–Crippen MR) is 73.6 cm³/mol. The van der Waals surface area contributed by atoms with Crippen LogP contribution < -0.4 is 5.32 Å². The number of alkyl halides is 1. The Morgan fingerprint density at radius 3 is 2.69 bits per heavy atom. The van der Waals surface area contributed by atoms with E-state index < -0.39 is 0 Å².